The quantitative estimate of drug-likeness (QED) is 0.102. The van der Waals surface area contributed by atoms with Gasteiger partial charge in [-0.1, -0.05) is 5.16 Å². The fourth-order valence-corrected chi connectivity index (χ4v) is 3.27. The third-order valence-corrected chi connectivity index (χ3v) is 5.01. The molecule has 1 aromatic heterocycles. The zero-order chi connectivity index (χ0) is 26.2. The van der Waals surface area contributed by atoms with Crippen LogP contribution in [0.1, 0.15) is 6.92 Å². The summed E-state index contributed by atoms with van der Waals surface area (Å²) >= 11 is 0. The van der Waals surface area contributed by atoms with Crippen LogP contribution in [0.2, 0.25) is 0 Å². The van der Waals surface area contributed by atoms with Crippen LogP contribution in [0, 0.1) is 5.41 Å². The SMILES string of the molecule is CCO/C(N)=C/C(=C\N)N/C=C\C(=N)N1CCOC(C(O)C(=O)Nc2ccc3c(N)noc3c2)C1=O. The van der Waals surface area contributed by atoms with Crippen LogP contribution >= 0.6 is 0 Å². The van der Waals surface area contributed by atoms with Crippen LogP contribution in [0.5, 0.6) is 0 Å². The molecule has 0 radical (unpaired) electrons. The van der Waals surface area contributed by atoms with Crippen molar-refractivity contribution in [3.05, 3.63) is 54.3 Å². The van der Waals surface area contributed by atoms with E-state index < -0.39 is 24.0 Å². The number of aromatic nitrogens is 1. The van der Waals surface area contributed by atoms with E-state index in [9.17, 15) is 14.7 Å². The van der Waals surface area contributed by atoms with Crippen LogP contribution in [0.25, 0.3) is 11.0 Å². The molecule has 1 saturated heterocycles. The number of allylic oxidation sites excluding steroid dienone is 1. The molecule has 2 atom stereocenters. The number of nitrogens with zero attached hydrogens (tertiary/aromatic N) is 2. The molecule has 0 bridgehead atoms. The van der Waals surface area contributed by atoms with E-state index in [1.807, 2.05) is 0 Å². The third-order valence-electron chi connectivity index (χ3n) is 5.01. The van der Waals surface area contributed by atoms with Gasteiger partial charge in [0.2, 0.25) is 0 Å². The van der Waals surface area contributed by atoms with E-state index in [4.69, 9.17) is 36.6 Å². The van der Waals surface area contributed by atoms with Gasteiger partial charge in [0, 0.05) is 30.2 Å². The van der Waals surface area contributed by atoms with Gasteiger partial charge in [-0.2, -0.15) is 0 Å². The number of benzene rings is 1. The van der Waals surface area contributed by atoms with Crippen molar-refractivity contribution in [3.63, 3.8) is 0 Å². The molecule has 1 fully saturated rings. The molecular formula is C22H28N8O6. The minimum atomic E-state index is -1.83. The molecule has 0 aliphatic carbocycles. The van der Waals surface area contributed by atoms with E-state index in [2.05, 4.69) is 15.8 Å². The predicted octanol–water partition coefficient (Wildman–Crippen LogP) is -0.346. The van der Waals surface area contributed by atoms with Crippen molar-refractivity contribution < 1.29 is 28.7 Å². The van der Waals surface area contributed by atoms with E-state index in [-0.39, 0.29) is 30.7 Å². The molecule has 2 aromatic rings. The van der Waals surface area contributed by atoms with E-state index in [0.29, 0.717) is 29.0 Å². The first kappa shape index (κ1) is 26.1. The second-order valence-electron chi connectivity index (χ2n) is 7.46. The number of morpholine rings is 1. The van der Waals surface area contributed by atoms with Gasteiger partial charge in [-0.15, -0.1) is 0 Å². The highest BCUT2D eigenvalue weighted by Crippen LogP contribution is 2.24. The molecule has 2 amide bonds. The number of aliphatic hydroxyl groups is 1. The molecule has 36 heavy (non-hydrogen) atoms. The van der Waals surface area contributed by atoms with Crippen molar-refractivity contribution in [1.82, 2.24) is 15.4 Å². The number of amides is 2. The average Bonchev–Trinajstić information content (AvgIpc) is 3.22. The van der Waals surface area contributed by atoms with Crippen LogP contribution in [0.3, 0.4) is 0 Å². The summed E-state index contributed by atoms with van der Waals surface area (Å²) in [5.74, 6) is -1.46. The van der Waals surface area contributed by atoms with E-state index in [1.165, 1.54) is 30.6 Å². The van der Waals surface area contributed by atoms with Gasteiger partial charge in [-0.05, 0) is 25.1 Å². The maximum atomic E-state index is 12.9. The number of rotatable bonds is 9. The Bertz CT molecular complexity index is 1220. The van der Waals surface area contributed by atoms with Crippen molar-refractivity contribution >= 4 is 40.1 Å². The number of hydrogen-bond acceptors (Lipinski definition) is 12. The highest BCUT2D eigenvalue weighted by molar-refractivity contribution is 6.07. The maximum absolute atomic E-state index is 12.9. The maximum Gasteiger partial charge on any atom is 0.260 e. The monoisotopic (exact) mass is 500 g/mol. The lowest BCUT2D eigenvalue weighted by molar-refractivity contribution is -0.161. The number of ether oxygens (including phenoxy) is 2. The number of nitrogens with two attached hydrogens (primary N) is 3. The Morgan fingerprint density at radius 1 is 1.47 bits per heavy atom. The highest BCUT2D eigenvalue weighted by Gasteiger charge is 2.39. The largest absolute Gasteiger partial charge is 0.480 e. The summed E-state index contributed by atoms with van der Waals surface area (Å²) in [6.45, 7) is 2.24. The number of nitrogens with one attached hydrogen (secondary N) is 3. The topological polar surface area (TPSA) is 228 Å². The lowest BCUT2D eigenvalue weighted by Gasteiger charge is -2.33. The molecule has 2 unspecified atom stereocenters. The minimum absolute atomic E-state index is 0.00920. The van der Waals surface area contributed by atoms with Crippen molar-refractivity contribution in [2.45, 2.75) is 19.1 Å². The van der Waals surface area contributed by atoms with E-state index in [0.717, 1.165) is 4.90 Å². The summed E-state index contributed by atoms with van der Waals surface area (Å²) in [5.41, 5.74) is 17.9. The molecule has 0 saturated carbocycles. The molecule has 2 heterocycles. The molecule has 3 rings (SSSR count). The predicted molar refractivity (Wildman–Crippen MR) is 131 cm³/mol. The molecular weight excluding hydrogens is 472 g/mol. The third kappa shape index (κ3) is 6.11. The Labute approximate surface area is 205 Å². The molecule has 1 aromatic carbocycles. The van der Waals surface area contributed by atoms with Crippen molar-refractivity contribution in [1.29, 1.82) is 5.41 Å². The molecule has 1 aliphatic heterocycles. The van der Waals surface area contributed by atoms with Gasteiger partial charge in [0.15, 0.2) is 29.5 Å². The van der Waals surface area contributed by atoms with Crippen LogP contribution < -0.4 is 27.8 Å². The number of carbonyl (C=O) groups excluding carboxylic acids is 2. The van der Waals surface area contributed by atoms with Crippen LogP contribution in [-0.2, 0) is 19.1 Å². The summed E-state index contributed by atoms with van der Waals surface area (Å²) in [5, 5.41) is 28.2. The van der Waals surface area contributed by atoms with Crippen LogP contribution in [-0.4, -0.2) is 64.8 Å². The first-order chi connectivity index (χ1) is 17.2. The minimum Gasteiger partial charge on any atom is -0.480 e. The van der Waals surface area contributed by atoms with Crippen LogP contribution in [0.4, 0.5) is 11.5 Å². The number of nitrogen functional groups attached to an aromatic ring is 1. The second-order valence-corrected chi connectivity index (χ2v) is 7.46. The Morgan fingerprint density at radius 3 is 2.97 bits per heavy atom. The number of carbonyl (C=O) groups is 2. The number of amidine groups is 1. The molecule has 10 N–H and O–H groups in total. The Morgan fingerprint density at radius 2 is 2.25 bits per heavy atom. The lowest BCUT2D eigenvalue weighted by atomic mass is 10.1. The number of anilines is 2. The van der Waals surface area contributed by atoms with Gasteiger partial charge >= 0.3 is 0 Å². The molecule has 0 spiro atoms. The summed E-state index contributed by atoms with van der Waals surface area (Å²) in [7, 11) is 0. The highest BCUT2D eigenvalue weighted by atomic mass is 16.5. The summed E-state index contributed by atoms with van der Waals surface area (Å²) in [4.78, 5) is 26.5. The molecule has 14 nitrogen and oxygen atoms in total. The standard InChI is InChI=1S/C22H28N8O6/c1-2-34-17(25)10-13(11-23)27-6-5-16(24)30-7-8-35-19(22(30)33)18(31)21(32)28-12-3-4-14-15(9-12)36-29-20(14)26/h3-6,9-11,18-19,24,27,31H,2,7-8,23,25H2,1H3,(H2,26,29)(H,28,32)/b6-5-,13-11+,17-10+,24-16?. The van der Waals surface area contributed by atoms with E-state index in [1.54, 1.807) is 19.1 Å². The van der Waals surface area contributed by atoms with Gasteiger partial charge in [0.25, 0.3) is 11.8 Å². The van der Waals surface area contributed by atoms with Gasteiger partial charge in [-0.25, -0.2) is 0 Å². The molecule has 14 heteroatoms. The fraction of sp³-hybridized carbons (Fsp3) is 0.273. The van der Waals surface area contributed by atoms with Crippen molar-refractivity contribution in [3.8, 4) is 0 Å². The summed E-state index contributed by atoms with van der Waals surface area (Å²) in [6.07, 6.45) is 2.06. The van der Waals surface area contributed by atoms with Gasteiger partial charge in [0.1, 0.15) is 5.84 Å². The fourth-order valence-electron chi connectivity index (χ4n) is 3.27. The normalized spacial score (nSPS) is 17.9. The summed E-state index contributed by atoms with van der Waals surface area (Å²) in [6, 6.07) is 4.63. The smallest absolute Gasteiger partial charge is 0.260 e. The number of hydrogen-bond donors (Lipinski definition) is 7. The molecule has 1 aliphatic rings. The van der Waals surface area contributed by atoms with Crippen molar-refractivity contribution in [2.75, 3.05) is 30.8 Å². The van der Waals surface area contributed by atoms with E-state index >= 15 is 0 Å². The Hall–Kier alpha value is -4.56. The van der Waals surface area contributed by atoms with Gasteiger partial charge < -0.3 is 46.9 Å². The molecule has 192 valence electrons. The van der Waals surface area contributed by atoms with Gasteiger partial charge in [-0.3, -0.25) is 19.9 Å². The first-order valence-electron chi connectivity index (χ1n) is 10.9. The summed E-state index contributed by atoms with van der Waals surface area (Å²) < 4.78 is 15.5. The first-order valence-corrected chi connectivity index (χ1v) is 10.9. The number of fused-ring (bicyclic) bond motifs is 1. The zero-order valence-electron chi connectivity index (χ0n) is 19.4. The van der Waals surface area contributed by atoms with Gasteiger partial charge in [0.05, 0.1) is 30.8 Å². The number of aliphatic hydroxyl groups excluding tert-OH is 1. The lowest BCUT2D eigenvalue weighted by Crippen LogP contribution is -2.56. The van der Waals surface area contributed by atoms with Crippen LogP contribution in [0.15, 0.2) is 58.9 Å². The zero-order valence-corrected chi connectivity index (χ0v) is 19.4. The average molecular weight is 501 g/mol. The Kier molecular flexibility index (Phi) is 8.48. The Balaban J connectivity index is 1.61. The van der Waals surface area contributed by atoms with Crippen molar-refractivity contribution in [2.24, 2.45) is 11.5 Å². The second kappa shape index (κ2) is 11.7.